The van der Waals surface area contributed by atoms with E-state index in [2.05, 4.69) is 0 Å². The number of aliphatic hydroxyl groups is 2. The average Bonchev–Trinajstić information content (AvgIpc) is 3.31. The maximum atomic E-state index is 12.1. The fraction of sp³-hybridized carbons (Fsp3) is 0.862. The van der Waals surface area contributed by atoms with E-state index in [0.717, 1.165) is 57.8 Å². The Morgan fingerprint density at radius 2 is 0.857 bits per heavy atom. The molecule has 0 amide bonds. The molecule has 202 valence electrons. The van der Waals surface area contributed by atoms with Gasteiger partial charge < -0.3 is 10.2 Å². The molecule has 0 saturated heterocycles. The maximum Gasteiger partial charge on any atom is 0.148 e. The summed E-state index contributed by atoms with van der Waals surface area (Å²) in [5.74, 6) is -1.54. The zero-order valence-electron chi connectivity index (χ0n) is 23.0. The second-order valence-electron chi connectivity index (χ2n) is 10.3. The molecule has 0 aliphatic heterocycles. The van der Waals surface area contributed by atoms with Crippen LogP contribution in [0.2, 0.25) is 0 Å². The highest BCUT2D eigenvalue weighted by molar-refractivity contribution is 6.06. The van der Waals surface area contributed by atoms with Crippen molar-refractivity contribution in [3.05, 3.63) is 0 Å². The molecular formula is C29H50O6. The molecule has 4 rings (SSSR count). The summed E-state index contributed by atoms with van der Waals surface area (Å²) in [6.45, 7) is 11.4. The lowest BCUT2D eigenvalue weighted by molar-refractivity contribution is -0.149. The molecular weight excluding hydrogens is 444 g/mol. The van der Waals surface area contributed by atoms with E-state index in [1.807, 2.05) is 27.7 Å². The van der Waals surface area contributed by atoms with Gasteiger partial charge in [0.05, 0.1) is 23.0 Å². The van der Waals surface area contributed by atoms with Crippen molar-refractivity contribution >= 4 is 23.1 Å². The maximum absolute atomic E-state index is 12.1. The van der Waals surface area contributed by atoms with Gasteiger partial charge in [-0.2, -0.15) is 0 Å². The molecule has 4 aliphatic carbocycles. The molecule has 6 heteroatoms. The molecule has 2 N–H and O–H groups in total. The second-order valence-corrected chi connectivity index (χ2v) is 10.3. The Hall–Kier alpha value is -1.40. The predicted molar refractivity (Wildman–Crippen MR) is 138 cm³/mol. The monoisotopic (exact) mass is 494 g/mol. The molecule has 35 heavy (non-hydrogen) atoms. The van der Waals surface area contributed by atoms with Crippen molar-refractivity contribution in [1.29, 1.82) is 0 Å². The Labute approximate surface area is 212 Å². The van der Waals surface area contributed by atoms with E-state index in [4.69, 9.17) is 0 Å². The summed E-state index contributed by atoms with van der Waals surface area (Å²) in [6, 6.07) is 0. The highest BCUT2D eigenvalue weighted by atomic mass is 16.3. The average molecular weight is 495 g/mol. The van der Waals surface area contributed by atoms with Crippen LogP contribution in [-0.4, -0.2) is 44.5 Å². The van der Waals surface area contributed by atoms with Crippen molar-refractivity contribution in [2.75, 3.05) is 0 Å². The fourth-order valence-corrected chi connectivity index (χ4v) is 6.13. The van der Waals surface area contributed by atoms with Gasteiger partial charge in [-0.25, -0.2) is 0 Å². The van der Waals surface area contributed by atoms with Gasteiger partial charge in [-0.05, 0) is 52.4 Å². The lowest BCUT2D eigenvalue weighted by Gasteiger charge is -2.41. The molecule has 4 saturated carbocycles. The number of rotatable bonds is 2. The van der Waals surface area contributed by atoms with Crippen molar-refractivity contribution in [2.24, 2.45) is 23.7 Å². The minimum atomic E-state index is -0.815. The molecule has 4 atom stereocenters. The van der Waals surface area contributed by atoms with Crippen molar-refractivity contribution in [2.45, 2.75) is 136 Å². The van der Waals surface area contributed by atoms with Crippen LogP contribution < -0.4 is 0 Å². The number of hydrogen-bond acceptors (Lipinski definition) is 6. The van der Waals surface area contributed by atoms with E-state index in [1.54, 1.807) is 13.8 Å². The third kappa shape index (κ3) is 7.55. The third-order valence-corrected chi connectivity index (χ3v) is 8.35. The van der Waals surface area contributed by atoms with E-state index in [1.165, 1.54) is 0 Å². The van der Waals surface area contributed by atoms with Crippen LogP contribution in [0.15, 0.2) is 0 Å². The summed E-state index contributed by atoms with van der Waals surface area (Å²) in [5.41, 5.74) is -1.61. The Balaban J connectivity index is 0.000000307. The van der Waals surface area contributed by atoms with Gasteiger partial charge in [0.25, 0.3) is 0 Å². The standard InChI is InChI=1S/C13H20O3.C12H18O3.2C2H6/c1-9-11(14)6-5-10(12(9)15)13(16)7-3-2-4-8-13;1-8-10(13)5-4-9(11(8)14)12(15)6-2-3-7-12;2*1-2/h9-10,16H,2-8H2,1H3;8-9,15H,2-7H2,1H3;2*1-2H3. The minimum Gasteiger partial charge on any atom is -0.389 e. The van der Waals surface area contributed by atoms with Crippen LogP contribution >= 0.6 is 0 Å². The molecule has 6 nitrogen and oxygen atoms in total. The molecule has 0 heterocycles. The summed E-state index contributed by atoms with van der Waals surface area (Å²) in [6.07, 6.45) is 10.1. The van der Waals surface area contributed by atoms with Crippen LogP contribution in [0.3, 0.4) is 0 Å². The second kappa shape index (κ2) is 14.4. The number of Topliss-reactive ketones (excluding diaryl/α,β-unsaturated/α-hetero) is 4. The zero-order chi connectivity index (χ0) is 26.8. The molecule has 0 aromatic heterocycles. The molecule has 4 fully saturated rings. The number of carbonyl (C=O) groups excluding carboxylic acids is 4. The smallest absolute Gasteiger partial charge is 0.148 e. The topological polar surface area (TPSA) is 109 Å². The molecule has 0 aromatic rings. The van der Waals surface area contributed by atoms with Gasteiger partial charge in [0, 0.05) is 24.7 Å². The van der Waals surface area contributed by atoms with E-state index in [0.29, 0.717) is 25.7 Å². The normalized spacial score (nSPS) is 31.8. The summed E-state index contributed by atoms with van der Waals surface area (Å²) < 4.78 is 0. The number of ketones is 4. The van der Waals surface area contributed by atoms with Crippen molar-refractivity contribution < 1.29 is 29.4 Å². The van der Waals surface area contributed by atoms with Crippen LogP contribution in [0, 0.1) is 23.7 Å². The quantitative estimate of drug-likeness (QED) is 0.498. The Morgan fingerprint density at radius 3 is 1.17 bits per heavy atom. The van der Waals surface area contributed by atoms with Crippen molar-refractivity contribution in [3.63, 3.8) is 0 Å². The number of carbonyl (C=O) groups is 4. The lowest BCUT2D eigenvalue weighted by Crippen LogP contribution is -2.49. The third-order valence-electron chi connectivity index (χ3n) is 8.35. The molecule has 0 spiro atoms. The summed E-state index contributed by atoms with van der Waals surface area (Å²) in [4.78, 5) is 46.8. The van der Waals surface area contributed by atoms with Gasteiger partial charge in [-0.3, -0.25) is 19.2 Å². The highest BCUT2D eigenvalue weighted by Crippen LogP contribution is 2.42. The Morgan fingerprint density at radius 1 is 0.571 bits per heavy atom. The molecule has 4 aliphatic rings. The molecule has 0 bridgehead atoms. The van der Waals surface area contributed by atoms with E-state index < -0.39 is 23.0 Å². The first-order valence-corrected chi connectivity index (χ1v) is 14.2. The Bertz CT molecular complexity index is 715. The van der Waals surface area contributed by atoms with Crippen LogP contribution in [0.1, 0.15) is 125 Å². The summed E-state index contributed by atoms with van der Waals surface area (Å²) in [5, 5.41) is 20.9. The van der Waals surface area contributed by atoms with Crippen molar-refractivity contribution in [3.8, 4) is 0 Å². The number of hydrogen-bond donors (Lipinski definition) is 2. The summed E-state index contributed by atoms with van der Waals surface area (Å²) >= 11 is 0. The molecule has 4 unspecified atom stereocenters. The first-order chi connectivity index (χ1) is 16.6. The van der Waals surface area contributed by atoms with Gasteiger partial charge in [0.2, 0.25) is 0 Å². The predicted octanol–water partition coefficient (Wildman–Crippen LogP) is 5.39. The van der Waals surface area contributed by atoms with Crippen LogP contribution in [0.4, 0.5) is 0 Å². The summed E-state index contributed by atoms with van der Waals surface area (Å²) in [7, 11) is 0. The molecule has 0 radical (unpaired) electrons. The fourth-order valence-electron chi connectivity index (χ4n) is 6.13. The van der Waals surface area contributed by atoms with E-state index >= 15 is 0 Å². The van der Waals surface area contributed by atoms with Crippen LogP contribution in [0.25, 0.3) is 0 Å². The first kappa shape index (κ1) is 31.6. The molecule has 0 aromatic carbocycles. The van der Waals surface area contributed by atoms with Gasteiger partial charge in [-0.15, -0.1) is 0 Å². The van der Waals surface area contributed by atoms with Gasteiger partial charge in [0.1, 0.15) is 23.1 Å². The minimum absolute atomic E-state index is 0.0272. The van der Waals surface area contributed by atoms with E-state index in [-0.39, 0.29) is 35.0 Å². The van der Waals surface area contributed by atoms with Gasteiger partial charge in [0.15, 0.2) is 0 Å². The van der Waals surface area contributed by atoms with Gasteiger partial charge in [-0.1, -0.05) is 59.8 Å². The Kier molecular flexibility index (Phi) is 13.0. The first-order valence-electron chi connectivity index (χ1n) is 14.2. The van der Waals surface area contributed by atoms with Crippen molar-refractivity contribution in [1.82, 2.24) is 0 Å². The van der Waals surface area contributed by atoms with Crippen LogP contribution in [-0.2, 0) is 19.2 Å². The highest BCUT2D eigenvalue weighted by Gasteiger charge is 2.48. The largest absolute Gasteiger partial charge is 0.389 e. The SMILES string of the molecule is CC.CC.CC1C(=O)CCC(C2(O)CCCC2)C1=O.CC1C(=O)CCC(C2(O)CCCCC2)C1=O. The lowest BCUT2D eigenvalue weighted by atomic mass is 9.67. The van der Waals surface area contributed by atoms with Gasteiger partial charge >= 0.3 is 0 Å². The zero-order valence-corrected chi connectivity index (χ0v) is 23.0. The van der Waals surface area contributed by atoms with E-state index in [9.17, 15) is 29.4 Å². The van der Waals surface area contributed by atoms with Crippen LogP contribution in [0.5, 0.6) is 0 Å².